The zero-order chi connectivity index (χ0) is 14.0. The molecule has 102 valence electrons. The highest BCUT2D eigenvalue weighted by atomic mass is 19.1. The molecule has 1 saturated heterocycles. The minimum Gasteiger partial charge on any atom is -0.338 e. The summed E-state index contributed by atoms with van der Waals surface area (Å²) in [6.45, 7) is 6.36. The van der Waals surface area contributed by atoms with Crippen LogP contribution in [0.25, 0.3) is 0 Å². The van der Waals surface area contributed by atoms with E-state index in [0.717, 1.165) is 6.20 Å². The van der Waals surface area contributed by atoms with E-state index in [-0.39, 0.29) is 5.91 Å². The van der Waals surface area contributed by atoms with Gasteiger partial charge in [-0.25, -0.2) is 4.39 Å². The summed E-state index contributed by atoms with van der Waals surface area (Å²) in [7, 11) is 0. The van der Waals surface area contributed by atoms with E-state index in [0.29, 0.717) is 24.0 Å². The highest BCUT2D eigenvalue weighted by Crippen LogP contribution is 2.24. The van der Waals surface area contributed by atoms with Gasteiger partial charge in [-0.2, -0.15) is 0 Å². The SMILES string of the molecule is CC(C)CN=C1NC(=O)C(C)(c2cncc(F)c2)N1. The van der Waals surface area contributed by atoms with E-state index in [1.54, 1.807) is 6.92 Å². The minimum atomic E-state index is -1.04. The smallest absolute Gasteiger partial charge is 0.256 e. The Morgan fingerprint density at radius 1 is 1.47 bits per heavy atom. The number of guanidine groups is 1. The lowest BCUT2D eigenvalue weighted by Crippen LogP contribution is -2.40. The van der Waals surface area contributed by atoms with Crippen molar-refractivity contribution >= 4 is 11.9 Å². The van der Waals surface area contributed by atoms with E-state index in [4.69, 9.17) is 0 Å². The molecule has 1 atom stereocenters. The van der Waals surface area contributed by atoms with Gasteiger partial charge in [-0.05, 0) is 18.9 Å². The molecule has 1 aromatic rings. The Morgan fingerprint density at radius 3 is 2.84 bits per heavy atom. The molecular formula is C13H17FN4O. The van der Waals surface area contributed by atoms with Crippen molar-refractivity contribution in [2.75, 3.05) is 6.54 Å². The van der Waals surface area contributed by atoms with Crippen LogP contribution in [-0.4, -0.2) is 23.4 Å². The summed E-state index contributed by atoms with van der Waals surface area (Å²) >= 11 is 0. The number of rotatable bonds is 3. The molecule has 5 nitrogen and oxygen atoms in total. The van der Waals surface area contributed by atoms with Crippen LogP contribution in [0.15, 0.2) is 23.5 Å². The molecule has 19 heavy (non-hydrogen) atoms. The number of carbonyl (C=O) groups excluding carboxylic acids is 1. The van der Waals surface area contributed by atoms with Crippen LogP contribution in [0, 0.1) is 11.7 Å². The number of amides is 1. The Kier molecular flexibility index (Phi) is 3.50. The van der Waals surface area contributed by atoms with Gasteiger partial charge in [0, 0.05) is 18.3 Å². The second kappa shape index (κ2) is 4.95. The van der Waals surface area contributed by atoms with Crippen LogP contribution in [-0.2, 0) is 10.3 Å². The highest BCUT2D eigenvalue weighted by Gasteiger charge is 2.42. The molecule has 1 aliphatic rings. The molecule has 1 aromatic heterocycles. The minimum absolute atomic E-state index is 0.262. The van der Waals surface area contributed by atoms with Crippen LogP contribution in [0.2, 0.25) is 0 Å². The van der Waals surface area contributed by atoms with Crippen LogP contribution in [0.1, 0.15) is 26.3 Å². The third-order valence-corrected chi connectivity index (χ3v) is 2.95. The van der Waals surface area contributed by atoms with Crippen molar-refractivity contribution in [3.05, 3.63) is 29.8 Å². The van der Waals surface area contributed by atoms with Crippen LogP contribution >= 0.6 is 0 Å². The molecule has 1 aliphatic heterocycles. The number of nitrogens with zero attached hydrogens (tertiary/aromatic N) is 2. The Hall–Kier alpha value is -1.98. The third kappa shape index (κ3) is 2.72. The predicted octanol–water partition coefficient (Wildman–Crippen LogP) is 1.17. The number of hydrogen-bond acceptors (Lipinski definition) is 3. The number of hydrogen-bond donors (Lipinski definition) is 2. The number of carbonyl (C=O) groups is 1. The molecule has 0 aromatic carbocycles. The van der Waals surface area contributed by atoms with Crippen molar-refractivity contribution in [1.82, 2.24) is 15.6 Å². The fourth-order valence-electron chi connectivity index (χ4n) is 1.80. The van der Waals surface area contributed by atoms with Crippen molar-refractivity contribution < 1.29 is 9.18 Å². The first-order chi connectivity index (χ1) is 8.91. The van der Waals surface area contributed by atoms with Gasteiger partial charge in [0.25, 0.3) is 5.91 Å². The second-order valence-corrected chi connectivity index (χ2v) is 5.18. The lowest BCUT2D eigenvalue weighted by Gasteiger charge is -2.21. The largest absolute Gasteiger partial charge is 0.338 e. The lowest BCUT2D eigenvalue weighted by atomic mass is 9.94. The molecule has 6 heteroatoms. The van der Waals surface area contributed by atoms with Crippen molar-refractivity contribution in [3.8, 4) is 0 Å². The van der Waals surface area contributed by atoms with Crippen molar-refractivity contribution in [1.29, 1.82) is 0 Å². The Bertz CT molecular complexity index is 529. The van der Waals surface area contributed by atoms with Crippen molar-refractivity contribution in [2.45, 2.75) is 26.3 Å². The van der Waals surface area contributed by atoms with Crippen LogP contribution in [0.5, 0.6) is 0 Å². The summed E-state index contributed by atoms with van der Waals surface area (Å²) in [5.41, 5.74) is -0.565. The van der Waals surface area contributed by atoms with E-state index < -0.39 is 11.4 Å². The van der Waals surface area contributed by atoms with Gasteiger partial charge in [0.1, 0.15) is 11.4 Å². The standard InChI is InChI=1S/C13H17FN4O/c1-8(2)5-16-12-17-11(19)13(3,18-12)9-4-10(14)7-15-6-9/h4,6-8H,5H2,1-3H3,(H2,16,17,18,19). The summed E-state index contributed by atoms with van der Waals surface area (Å²) in [6.07, 6.45) is 2.58. The zero-order valence-electron chi connectivity index (χ0n) is 11.2. The molecule has 0 bridgehead atoms. The zero-order valence-corrected chi connectivity index (χ0v) is 11.2. The van der Waals surface area contributed by atoms with Gasteiger partial charge in [-0.1, -0.05) is 13.8 Å². The molecule has 2 N–H and O–H groups in total. The number of halogens is 1. The van der Waals surface area contributed by atoms with Crippen LogP contribution in [0.4, 0.5) is 4.39 Å². The fraction of sp³-hybridized carbons (Fsp3) is 0.462. The molecule has 0 aliphatic carbocycles. The summed E-state index contributed by atoms with van der Waals surface area (Å²) in [5, 5.41) is 5.67. The maximum Gasteiger partial charge on any atom is 0.256 e. The Labute approximate surface area is 111 Å². The number of nitrogens with one attached hydrogen (secondary N) is 2. The molecule has 0 spiro atoms. The maximum atomic E-state index is 13.2. The number of aromatic nitrogens is 1. The number of aliphatic imine (C=N–C) groups is 1. The van der Waals surface area contributed by atoms with Gasteiger partial charge < -0.3 is 5.32 Å². The average molecular weight is 264 g/mol. The first-order valence-corrected chi connectivity index (χ1v) is 6.17. The van der Waals surface area contributed by atoms with Gasteiger partial charge in [0.15, 0.2) is 5.96 Å². The van der Waals surface area contributed by atoms with E-state index in [1.807, 2.05) is 13.8 Å². The van der Waals surface area contributed by atoms with Gasteiger partial charge in [0.05, 0.1) is 6.20 Å². The third-order valence-electron chi connectivity index (χ3n) is 2.95. The molecule has 2 heterocycles. The van der Waals surface area contributed by atoms with Gasteiger partial charge in [-0.15, -0.1) is 0 Å². The van der Waals surface area contributed by atoms with E-state index in [9.17, 15) is 9.18 Å². The lowest BCUT2D eigenvalue weighted by molar-refractivity contribution is -0.123. The summed E-state index contributed by atoms with van der Waals surface area (Å²) in [5.74, 6) is 0.0858. The van der Waals surface area contributed by atoms with Crippen LogP contribution in [0.3, 0.4) is 0 Å². The maximum absolute atomic E-state index is 13.2. The number of pyridine rings is 1. The highest BCUT2D eigenvalue weighted by molar-refractivity contribution is 6.09. The first kappa shape index (κ1) is 13.5. The topological polar surface area (TPSA) is 66.4 Å². The molecule has 0 saturated carbocycles. The first-order valence-electron chi connectivity index (χ1n) is 6.17. The summed E-state index contributed by atoms with van der Waals surface area (Å²) in [4.78, 5) is 20.1. The molecule has 0 radical (unpaired) electrons. The van der Waals surface area contributed by atoms with Crippen LogP contribution < -0.4 is 10.6 Å². The van der Waals surface area contributed by atoms with Gasteiger partial charge in [-0.3, -0.25) is 20.1 Å². The van der Waals surface area contributed by atoms with Gasteiger partial charge in [0.2, 0.25) is 0 Å². The Morgan fingerprint density at radius 2 is 2.21 bits per heavy atom. The summed E-state index contributed by atoms with van der Waals surface area (Å²) in [6, 6.07) is 1.30. The van der Waals surface area contributed by atoms with E-state index in [2.05, 4.69) is 20.6 Å². The Balaban J connectivity index is 2.25. The quantitative estimate of drug-likeness (QED) is 0.861. The average Bonchev–Trinajstić information content (AvgIpc) is 2.64. The molecule has 1 amide bonds. The van der Waals surface area contributed by atoms with Crippen molar-refractivity contribution in [3.63, 3.8) is 0 Å². The fourth-order valence-corrected chi connectivity index (χ4v) is 1.80. The molecule has 1 fully saturated rings. The van der Waals surface area contributed by atoms with Crippen molar-refractivity contribution in [2.24, 2.45) is 10.9 Å². The predicted molar refractivity (Wildman–Crippen MR) is 70.0 cm³/mol. The van der Waals surface area contributed by atoms with E-state index in [1.165, 1.54) is 12.3 Å². The monoisotopic (exact) mass is 264 g/mol. The molecule has 2 rings (SSSR count). The molecule has 1 unspecified atom stereocenters. The second-order valence-electron chi connectivity index (χ2n) is 5.18. The van der Waals surface area contributed by atoms with E-state index >= 15 is 0 Å². The van der Waals surface area contributed by atoms with Gasteiger partial charge >= 0.3 is 0 Å². The molecular weight excluding hydrogens is 247 g/mol. The normalized spacial score (nSPS) is 24.7. The summed E-state index contributed by atoms with van der Waals surface area (Å²) < 4.78 is 13.2.